The van der Waals surface area contributed by atoms with Crippen LogP contribution in [0.2, 0.25) is 0 Å². The van der Waals surface area contributed by atoms with Crippen LogP contribution in [0.3, 0.4) is 0 Å². The Labute approximate surface area is 124 Å². The van der Waals surface area contributed by atoms with Crippen molar-refractivity contribution in [1.82, 2.24) is 4.37 Å². The van der Waals surface area contributed by atoms with E-state index in [-0.39, 0.29) is 10.7 Å². The third kappa shape index (κ3) is 2.41. The summed E-state index contributed by atoms with van der Waals surface area (Å²) in [7, 11) is -3.32. The van der Waals surface area contributed by atoms with Gasteiger partial charge in [0.1, 0.15) is 9.90 Å². The van der Waals surface area contributed by atoms with Gasteiger partial charge < -0.3 is 10.6 Å². The summed E-state index contributed by atoms with van der Waals surface area (Å²) in [4.78, 5) is 2.39. The van der Waals surface area contributed by atoms with Gasteiger partial charge in [0.25, 0.3) is 0 Å². The fourth-order valence-corrected chi connectivity index (χ4v) is 5.90. The van der Waals surface area contributed by atoms with E-state index < -0.39 is 9.84 Å². The molecule has 2 fully saturated rings. The number of nitrogen functional groups attached to an aromatic ring is 1. The van der Waals surface area contributed by atoms with E-state index in [9.17, 15) is 8.42 Å². The van der Waals surface area contributed by atoms with Crippen molar-refractivity contribution in [3.8, 4) is 0 Å². The second kappa shape index (κ2) is 4.87. The lowest BCUT2D eigenvalue weighted by Crippen LogP contribution is -2.39. The Bertz CT molecular complexity index is 593. The van der Waals surface area contributed by atoms with Crippen molar-refractivity contribution in [2.45, 2.75) is 43.4 Å². The average molecular weight is 315 g/mol. The fraction of sp³-hybridized carbons (Fsp3) is 0.769. The molecule has 1 aromatic heterocycles. The van der Waals surface area contributed by atoms with Crippen LogP contribution in [0.25, 0.3) is 0 Å². The summed E-state index contributed by atoms with van der Waals surface area (Å²) >= 11 is 1.21. The summed E-state index contributed by atoms with van der Waals surface area (Å²) in [6.07, 6.45) is 8.90. The molecule has 0 bridgehead atoms. The maximum absolute atomic E-state index is 11.9. The molecule has 1 saturated carbocycles. The van der Waals surface area contributed by atoms with Gasteiger partial charge in [-0.05, 0) is 42.6 Å². The molecule has 1 spiro atoms. The largest absolute Gasteiger partial charge is 0.382 e. The lowest BCUT2D eigenvalue weighted by molar-refractivity contribution is 0.227. The topological polar surface area (TPSA) is 76.3 Å². The zero-order chi connectivity index (χ0) is 14.4. The Kier molecular flexibility index (Phi) is 3.44. The first-order valence-electron chi connectivity index (χ1n) is 7.11. The number of aromatic nitrogens is 1. The monoisotopic (exact) mass is 315 g/mol. The minimum atomic E-state index is -3.32. The van der Waals surface area contributed by atoms with Gasteiger partial charge in [-0.1, -0.05) is 12.8 Å². The first-order chi connectivity index (χ1) is 9.41. The molecular weight excluding hydrogens is 294 g/mol. The summed E-state index contributed by atoms with van der Waals surface area (Å²) in [5.41, 5.74) is 6.27. The Hall–Kier alpha value is -0.820. The number of nitrogens with two attached hydrogens (primary N) is 1. The highest BCUT2D eigenvalue weighted by Gasteiger charge is 2.38. The lowest BCUT2D eigenvalue weighted by Gasteiger charge is -2.39. The van der Waals surface area contributed by atoms with Crippen LogP contribution >= 0.6 is 11.5 Å². The van der Waals surface area contributed by atoms with Crippen LogP contribution in [0.4, 0.5) is 10.8 Å². The Morgan fingerprint density at radius 1 is 1.20 bits per heavy atom. The van der Waals surface area contributed by atoms with Gasteiger partial charge in [-0.15, -0.1) is 0 Å². The highest BCUT2D eigenvalue weighted by atomic mass is 32.2. The molecule has 3 rings (SSSR count). The minimum Gasteiger partial charge on any atom is -0.382 e. The van der Waals surface area contributed by atoms with Crippen LogP contribution in [-0.2, 0) is 9.84 Å². The van der Waals surface area contributed by atoms with Crippen molar-refractivity contribution < 1.29 is 8.42 Å². The minimum absolute atomic E-state index is 0.147. The second-order valence-corrected chi connectivity index (χ2v) is 8.87. The van der Waals surface area contributed by atoms with Gasteiger partial charge in [-0.25, -0.2) is 8.42 Å². The fourth-order valence-electron chi connectivity index (χ4n) is 3.64. The van der Waals surface area contributed by atoms with Crippen LogP contribution in [0, 0.1) is 5.41 Å². The zero-order valence-electron chi connectivity index (χ0n) is 11.8. The molecule has 2 heterocycles. The smallest absolute Gasteiger partial charge is 0.182 e. The van der Waals surface area contributed by atoms with Gasteiger partial charge in [0, 0.05) is 19.3 Å². The van der Waals surface area contributed by atoms with Gasteiger partial charge in [0.05, 0.1) is 0 Å². The summed E-state index contributed by atoms with van der Waals surface area (Å²) in [6, 6.07) is 0. The molecule has 112 valence electrons. The molecule has 0 atom stereocenters. The van der Waals surface area contributed by atoms with Crippen molar-refractivity contribution >= 4 is 32.2 Å². The average Bonchev–Trinajstić information content (AvgIpc) is 2.97. The Morgan fingerprint density at radius 2 is 1.80 bits per heavy atom. The molecular formula is C13H21N3O2S2. The molecule has 7 heteroatoms. The highest BCUT2D eigenvalue weighted by Crippen LogP contribution is 2.47. The van der Waals surface area contributed by atoms with E-state index in [4.69, 9.17) is 5.73 Å². The van der Waals surface area contributed by atoms with Crippen LogP contribution < -0.4 is 10.6 Å². The van der Waals surface area contributed by atoms with Gasteiger partial charge in [0.2, 0.25) is 0 Å². The number of anilines is 2. The summed E-state index contributed by atoms with van der Waals surface area (Å²) in [5, 5.41) is 0.734. The van der Waals surface area contributed by atoms with Crippen LogP contribution in [0.5, 0.6) is 0 Å². The summed E-state index contributed by atoms with van der Waals surface area (Å²) < 4.78 is 27.8. The summed E-state index contributed by atoms with van der Waals surface area (Å²) in [6.45, 7) is 1.84. The van der Waals surface area contributed by atoms with Crippen LogP contribution in [-0.4, -0.2) is 32.1 Å². The number of hydrogen-bond donors (Lipinski definition) is 1. The molecule has 5 nitrogen and oxygen atoms in total. The maximum atomic E-state index is 11.9. The van der Waals surface area contributed by atoms with E-state index in [1.165, 1.54) is 43.5 Å². The molecule has 0 aromatic carbocycles. The van der Waals surface area contributed by atoms with Crippen LogP contribution in [0.15, 0.2) is 4.90 Å². The second-order valence-electron chi connectivity index (χ2n) is 6.17. The molecule has 2 aliphatic rings. The van der Waals surface area contributed by atoms with E-state index in [1.807, 2.05) is 0 Å². The van der Waals surface area contributed by atoms with E-state index in [0.717, 1.165) is 30.9 Å². The molecule has 0 unspecified atom stereocenters. The number of piperidine rings is 1. The zero-order valence-corrected chi connectivity index (χ0v) is 13.4. The molecule has 0 amide bonds. The number of hydrogen-bond acceptors (Lipinski definition) is 6. The van der Waals surface area contributed by atoms with E-state index in [1.54, 1.807) is 0 Å². The van der Waals surface area contributed by atoms with Crippen molar-refractivity contribution in [1.29, 1.82) is 0 Å². The summed E-state index contributed by atoms with van der Waals surface area (Å²) in [5.74, 6) is 0.147. The van der Waals surface area contributed by atoms with E-state index >= 15 is 0 Å². The van der Waals surface area contributed by atoms with E-state index in [2.05, 4.69) is 9.27 Å². The number of nitrogens with zero attached hydrogens (tertiary/aromatic N) is 2. The third-order valence-electron chi connectivity index (χ3n) is 4.80. The van der Waals surface area contributed by atoms with Crippen LogP contribution in [0.1, 0.15) is 38.5 Å². The van der Waals surface area contributed by atoms with Crippen molar-refractivity contribution in [2.75, 3.05) is 30.0 Å². The molecule has 1 saturated heterocycles. The molecule has 1 aliphatic heterocycles. The van der Waals surface area contributed by atoms with Crippen molar-refractivity contribution in [2.24, 2.45) is 5.41 Å². The van der Waals surface area contributed by atoms with Gasteiger partial charge in [-0.3, -0.25) is 0 Å². The maximum Gasteiger partial charge on any atom is 0.182 e. The standard InChI is InChI=1S/C13H21N3O2S2/c1-20(17,18)10-11(14)15-19-12(10)16-8-6-13(7-9-16)4-2-3-5-13/h2-9H2,1H3,(H2,14,15). The first kappa shape index (κ1) is 14.1. The number of rotatable bonds is 2. The lowest BCUT2D eigenvalue weighted by atomic mass is 9.77. The van der Waals surface area contributed by atoms with Gasteiger partial charge in [-0.2, -0.15) is 4.37 Å². The molecule has 1 aromatic rings. The van der Waals surface area contributed by atoms with Gasteiger partial charge >= 0.3 is 0 Å². The predicted octanol–water partition coefficient (Wildman–Crippen LogP) is 2.29. The Balaban J connectivity index is 1.82. The highest BCUT2D eigenvalue weighted by molar-refractivity contribution is 7.91. The first-order valence-corrected chi connectivity index (χ1v) is 9.78. The van der Waals surface area contributed by atoms with Crippen molar-refractivity contribution in [3.05, 3.63) is 0 Å². The Morgan fingerprint density at radius 3 is 2.35 bits per heavy atom. The molecule has 0 radical (unpaired) electrons. The SMILES string of the molecule is CS(=O)(=O)c1c(N)nsc1N1CCC2(CCCC2)CC1. The normalized spacial score (nSPS) is 22.6. The number of sulfone groups is 1. The van der Waals surface area contributed by atoms with E-state index in [0.29, 0.717) is 5.41 Å². The molecule has 1 aliphatic carbocycles. The van der Waals surface area contributed by atoms with Crippen molar-refractivity contribution in [3.63, 3.8) is 0 Å². The third-order valence-corrected chi connectivity index (χ3v) is 7.00. The quantitative estimate of drug-likeness (QED) is 0.906. The molecule has 2 N–H and O–H groups in total. The predicted molar refractivity (Wildman–Crippen MR) is 82.0 cm³/mol. The van der Waals surface area contributed by atoms with Gasteiger partial charge in [0.15, 0.2) is 15.7 Å². The molecule has 20 heavy (non-hydrogen) atoms.